The third kappa shape index (κ3) is 2.36. The Morgan fingerprint density at radius 2 is 1.44 bits per heavy atom. The van der Waals surface area contributed by atoms with Crippen molar-refractivity contribution in [1.29, 1.82) is 0 Å². The molecule has 3 aromatic carbocycles. The SMILES string of the molecule is Cc1ccc(N2C(=O)c3cccc4c(N5CCCC5)ccc(c34)C2=O)cc1. The number of imide groups is 1. The lowest BCUT2D eigenvalue weighted by atomic mass is 9.92. The third-order valence-electron chi connectivity index (χ3n) is 5.62. The van der Waals surface area contributed by atoms with Crippen LogP contribution in [0.15, 0.2) is 54.6 Å². The lowest BCUT2D eigenvalue weighted by molar-refractivity contribution is 0.0893. The molecule has 0 spiro atoms. The summed E-state index contributed by atoms with van der Waals surface area (Å²) in [5.41, 5.74) is 4.03. The molecule has 0 saturated carbocycles. The van der Waals surface area contributed by atoms with Gasteiger partial charge in [-0.15, -0.1) is 0 Å². The Balaban J connectivity index is 1.70. The number of carbonyl (C=O) groups is 2. The van der Waals surface area contributed by atoms with Crippen LogP contribution in [0.3, 0.4) is 0 Å². The van der Waals surface area contributed by atoms with E-state index in [2.05, 4.69) is 4.90 Å². The predicted molar refractivity (Wildman–Crippen MR) is 108 cm³/mol. The fourth-order valence-electron chi connectivity index (χ4n) is 4.24. The first-order valence-corrected chi connectivity index (χ1v) is 9.41. The molecule has 2 aliphatic rings. The molecular weight excluding hydrogens is 336 g/mol. The van der Waals surface area contributed by atoms with E-state index in [-0.39, 0.29) is 11.8 Å². The fourth-order valence-corrected chi connectivity index (χ4v) is 4.24. The maximum atomic E-state index is 13.2. The molecule has 0 aromatic heterocycles. The van der Waals surface area contributed by atoms with Crippen LogP contribution in [0.25, 0.3) is 10.8 Å². The van der Waals surface area contributed by atoms with Gasteiger partial charge in [0.1, 0.15) is 0 Å². The van der Waals surface area contributed by atoms with Crippen molar-refractivity contribution in [3.8, 4) is 0 Å². The second kappa shape index (κ2) is 5.95. The van der Waals surface area contributed by atoms with Crippen LogP contribution >= 0.6 is 0 Å². The molecular formula is C23H20N2O2. The molecule has 0 N–H and O–H groups in total. The van der Waals surface area contributed by atoms with Gasteiger partial charge in [0.25, 0.3) is 11.8 Å². The molecule has 2 aliphatic heterocycles. The van der Waals surface area contributed by atoms with Gasteiger partial charge in [0.2, 0.25) is 0 Å². The number of nitrogens with zero attached hydrogens (tertiary/aromatic N) is 2. The van der Waals surface area contributed by atoms with Gasteiger partial charge in [-0.1, -0.05) is 29.8 Å². The van der Waals surface area contributed by atoms with Crippen LogP contribution in [0.5, 0.6) is 0 Å². The number of rotatable bonds is 2. The number of carbonyl (C=O) groups excluding carboxylic acids is 2. The fraction of sp³-hybridized carbons (Fsp3) is 0.217. The van der Waals surface area contributed by atoms with E-state index < -0.39 is 0 Å². The molecule has 3 aromatic rings. The Labute approximate surface area is 158 Å². The van der Waals surface area contributed by atoms with E-state index in [0.29, 0.717) is 16.8 Å². The van der Waals surface area contributed by atoms with E-state index in [1.807, 2.05) is 61.5 Å². The van der Waals surface area contributed by atoms with Crippen LogP contribution in [-0.4, -0.2) is 24.9 Å². The van der Waals surface area contributed by atoms with E-state index in [0.717, 1.165) is 35.1 Å². The van der Waals surface area contributed by atoms with E-state index in [4.69, 9.17) is 0 Å². The van der Waals surface area contributed by atoms with Gasteiger partial charge < -0.3 is 4.90 Å². The Morgan fingerprint density at radius 3 is 2.15 bits per heavy atom. The van der Waals surface area contributed by atoms with Crippen LogP contribution in [0, 0.1) is 6.92 Å². The van der Waals surface area contributed by atoms with Crippen molar-refractivity contribution in [3.05, 3.63) is 71.3 Å². The summed E-state index contributed by atoms with van der Waals surface area (Å²) in [6.45, 7) is 4.03. The highest BCUT2D eigenvalue weighted by molar-refractivity contribution is 6.36. The molecule has 0 unspecified atom stereocenters. The highest BCUT2D eigenvalue weighted by Crippen LogP contribution is 2.38. The lowest BCUT2D eigenvalue weighted by Gasteiger charge is -2.29. The highest BCUT2D eigenvalue weighted by atomic mass is 16.2. The standard InChI is InChI=1S/C23H20N2O2/c1-15-7-9-16(10-8-15)25-22(26)18-6-4-5-17-20(24-13-2-3-14-24)12-11-19(21(17)18)23(25)27/h4-12H,2-3,13-14H2,1H3. The van der Waals surface area contributed by atoms with Gasteiger partial charge in [-0.2, -0.15) is 0 Å². The first kappa shape index (κ1) is 16.1. The Kier molecular flexibility index (Phi) is 3.54. The molecule has 4 nitrogen and oxygen atoms in total. The van der Waals surface area contributed by atoms with E-state index in [9.17, 15) is 9.59 Å². The number of aryl methyl sites for hydroxylation is 1. The number of anilines is 2. The normalized spacial score (nSPS) is 16.5. The molecule has 2 amide bonds. The lowest BCUT2D eigenvalue weighted by Crippen LogP contribution is -2.40. The zero-order valence-electron chi connectivity index (χ0n) is 15.2. The average Bonchev–Trinajstić information content (AvgIpc) is 3.22. The number of hydrogen-bond acceptors (Lipinski definition) is 3. The van der Waals surface area contributed by atoms with Crippen molar-refractivity contribution in [3.63, 3.8) is 0 Å². The van der Waals surface area contributed by atoms with Crippen LogP contribution in [-0.2, 0) is 0 Å². The second-order valence-corrected chi connectivity index (χ2v) is 7.34. The summed E-state index contributed by atoms with van der Waals surface area (Å²) in [5, 5.41) is 1.79. The summed E-state index contributed by atoms with van der Waals surface area (Å²) in [6, 6.07) is 17.2. The zero-order chi connectivity index (χ0) is 18.5. The van der Waals surface area contributed by atoms with Crippen LogP contribution in [0.2, 0.25) is 0 Å². The van der Waals surface area contributed by atoms with Crippen molar-refractivity contribution in [2.45, 2.75) is 19.8 Å². The number of hydrogen-bond donors (Lipinski definition) is 0. The molecule has 2 heterocycles. The van der Waals surface area contributed by atoms with Gasteiger partial charge in [-0.3, -0.25) is 9.59 Å². The van der Waals surface area contributed by atoms with Crippen LogP contribution < -0.4 is 9.80 Å². The van der Waals surface area contributed by atoms with Crippen LogP contribution in [0.4, 0.5) is 11.4 Å². The predicted octanol–water partition coefficient (Wildman–Crippen LogP) is 4.55. The van der Waals surface area contributed by atoms with E-state index in [1.54, 1.807) is 0 Å². The Bertz CT molecular complexity index is 1060. The first-order chi connectivity index (χ1) is 13.1. The second-order valence-electron chi connectivity index (χ2n) is 7.34. The zero-order valence-corrected chi connectivity index (χ0v) is 15.2. The molecule has 0 radical (unpaired) electrons. The maximum absolute atomic E-state index is 13.2. The molecule has 0 atom stereocenters. The van der Waals surface area contributed by atoms with Crippen molar-refractivity contribution in [2.75, 3.05) is 22.9 Å². The summed E-state index contributed by atoms with van der Waals surface area (Å²) in [5.74, 6) is -0.499. The molecule has 0 aliphatic carbocycles. The maximum Gasteiger partial charge on any atom is 0.265 e. The van der Waals surface area contributed by atoms with E-state index >= 15 is 0 Å². The molecule has 5 rings (SSSR count). The first-order valence-electron chi connectivity index (χ1n) is 9.41. The minimum atomic E-state index is -0.250. The summed E-state index contributed by atoms with van der Waals surface area (Å²) in [7, 11) is 0. The monoisotopic (exact) mass is 356 g/mol. The van der Waals surface area contributed by atoms with Crippen molar-refractivity contribution in [1.82, 2.24) is 0 Å². The van der Waals surface area contributed by atoms with Gasteiger partial charge in [0.15, 0.2) is 0 Å². The smallest absolute Gasteiger partial charge is 0.265 e. The largest absolute Gasteiger partial charge is 0.371 e. The van der Waals surface area contributed by atoms with Crippen molar-refractivity contribution in [2.24, 2.45) is 0 Å². The Morgan fingerprint density at radius 1 is 0.778 bits per heavy atom. The van der Waals surface area contributed by atoms with Crippen molar-refractivity contribution < 1.29 is 9.59 Å². The molecule has 0 bridgehead atoms. The van der Waals surface area contributed by atoms with Crippen LogP contribution in [0.1, 0.15) is 39.1 Å². The van der Waals surface area contributed by atoms with Gasteiger partial charge in [0, 0.05) is 40.7 Å². The summed E-state index contributed by atoms with van der Waals surface area (Å²) in [4.78, 5) is 30.1. The van der Waals surface area contributed by atoms with Gasteiger partial charge in [-0.25, -0.2) is 4.90 Å². The molecule has 4 heteroatoms. The molecule has 134 valence electrons. The molecule has 1 fully saturated rings. The molecule has 1 saturated heterocycles. The topological polar surface area (TPSA) is 40.6 Å². The summed E-state index contributed by atoms with van der Waals surface area (Å²) in [6.07, 6.45) is 2.37. The summed E-state index contributed by atoms with van der Waals surface area (Å²) < 4.78 is 0. The average molecular weight is 356 g/mol. The summed E-state index contributed by atoms with van der Waals surface area (Å²) >= 11 is 0. The Hall–Kier alpha value is -3.14. The third-order valence-corrected chi connectivity index (χ3v) is 5.62. The van der Waals surface area contributed by atoms with Crippen molar-refractivity contribution >= 4 is 34.0 Å². The minimum absolute atomic E-state index is 0.250. The van der Waals surface area contributed by atoms with Gasteiger partial charge in [-0.05, 0) is 50.1 Å². The van der Waals surface area contributed by atoms with Gasteiger partial charge in [0.05, 0.1) is 5.69 Å². The van der Waals surface area contributed by atoms with E-state index in [1.165, 1.54) is 17.7 Å². The quantitative estimate of drug-likeness (QED) is 0.633. The molecule has 27 heavy (non-hydrogen) atoms. The highest BCUT2D eigenvalue weighted by Gasteiger charge is 2.34. The number of benzene rings is 3. The number of amides is 2. The minimum Gasteiger partial charge on any atom is -0.371 e. The van der Waals surface area contributed by atoms with Gasteiger partial charge >= 0.3 is 0 Å².